The summed E-state index contributed by atoms with van der Waals surface area (Å²) in [6, 6.07) is 6.42. The molecule has 2 atom stereocenters. The zero-order valence-corrected chi connectivity index (χ0v) is 12.8. The number of hydrogen-bond acceptors (Lipinski definition) is 4. The standard InChI is InChI=1S/C16H23N5/c1-11-4-3-5-15(7-6-11)21-16(18-19-20-21)13-8-12(2)9-14(17)10-13/h8-11,15H,3-7,17H2,1-2H3. The molecule has 1 fully saturated rings. The number of hydrogen-bond donors (Lipinski definition) is 1. The number of anilines is 1. The van der Waals surface area contributed by atoms with Crippen LogP contribution in [-0.4, -0.2) is 20.2 Å². The molecule has 0 spiro atoms. The van der Waals surface area contributed by atoms with Crippen molar-refractivity contribution < 1.29 is 0 Å². The van der Waals surface area contributed by atoms with Gasteiger partial charge in [0, 0.05) is 11.3 Å². The third-order valence-corrected chi connectivity index (χ3v) is 4.42. The molecule has 1 aromatic carbocycles. The number of aryl methyl sites for hydroxylation is 1. The smallest absolute Gasteiger partial charge is 0.182 e. The van der Waals surface area contributed by atoms with Crippen LogP contribution < -0.4 is 5.73 Å². The molecule has 1 heterocycles. The number of nitrogen functional groups attached to an aromatic ring is 1. The molecular weight excluding hydrogens is 262 g/mol. The molecule has 2 aromatic rings. The number of rotatable bonds is 2. The average molecular weight is 285 g/mol. The van der Waals surface area contributed by atoms with E-state index in [4.69, 9.17) is 5.73 Å². The van der Waals surface area contributed by atoms with E-state index in [9.17, 15) is 0 Å². The SMILES string of the molecule is Cc1cc(N)cc(-c2nnnn2C2CCCC(C)CC2)c1. The lowest BCUT2D eigenvalue weighted by Gasteiger charge is -2.16. The normalized spacial score (nSPS) is 23.0. The van der Waals surface area contributed by atoms with Crippen LogP contribution >= 0.6 is 0 Å². The molecule has 5 heteroatoms. The Balaban J connectivity index is 1.93. The molecule has 2 unspecified atom stereocenters. The largest absolute Gasteiger partial charge is 0.399 e. The fourth-order valence-corrected chi connectivity index (χ4v) is 3.28. The van der Waals surface area contributed by atoms with Gasteiger partial charge in [0.05, 0.1) is 6.04 Å². The van der Waals surface area contributed by atoms with E-state index < -0.39 is 0 Å². The number of aromatic nitrogens is 4. The first kappa shape index (κ1) is 14.0. The molecule has 1 saturated carbocycles. The maximum absolute atomic E-state index is 5.96. The van der Waals surface area contributed by atoms with Gasteiger partial charge in [-0.1, -0.05) is 19.8 Å². The van der Waals surface area contributed by atoms with E-state index in [1.54, 1.807) is 0 Å². The van der Waals surface area contributed by atoms with Gasteiger partial charge in [0.1, 0.15) is 0 Å². The molecule has 1 aromatic heterocycles. The zero-order chi connectivity index (χ0) is 14.8. The Labute approximate surface area is 125 Å². The van der Waals surface area contributed by atoms with Crippen molar-refractivity contribution in [3.8, 4) is 11.4 Å². The minimum atomic E-state index is 0.404. The van der Waals surface area contributed by atoms with Crippen molar-refractivity contribution in [2.75, 3.05) is 5.73 Å². The summed E-state index contributed by atoms with van der Waals surface area (Å²) < 4.78 is 2.01. The van der Waals surface area contributed by atoms with Crippen LogP contribution in [0.4, 0.5) is 5.69 Å². The molecule has 3 rings (SSSR count). The Morgan fingerprint density at radius 1 is 1.14 bits per heavy atom. The van der Waals surface area contributed by atoms with E-state index in [0.29, 0.717) is 6.04 Å². The van der Waals surface area contributed by atoms with Crippen molar-refractivity contribution in [3.05, 3.63) is 23.8 Å². The Hall–Kier alpha value is -1.91. The minimum Gasteiger partial charge on any atom is -0.399 e. The highest BCUT2D eigenvalue weighted by Crippen LogP contribution is 2.32. The first-order valence-electron chi connectivity index (χ1n) is 7.79. The molecule has 1 aliphatic carbocycles. The monoisotopic (exact) mass is 285 g/mol. The van der Waals surface area contributed by atoms with Gasteiger partial charge in [-0.15, -0.1) is 5.10 Å². The second-order valence-electron chi connectivity index (χ2n) is 6.35. The second kappa shape index (κ2) is 5.84. The second-order valence-corrected chi connectivity index (χ2v) is 6.35. The van der Waals surface area contributed by atoms with Gasteiger partial charge in [0.25, 0.3) is 0 Å². The summed E-state index contributed by atoms with van der Waals surface area (Å²) in [5.74, 6) is 1.65. The van der Waals surface area contributed by atoms with Gasteiger partial charge < -0.3 is 5.73 Å². The Bertz CT molecular complexity index is 599. The highest BCUT2D eigenvalue weighted by molar-refractivity contribution is 5.62. The van der Waals surface area contributed by atoms with Crippen LogP contribution in [0, 0.1) is 12.8 Å². The van der Waals surface area contributed by atoms with Crippen molar-refractivity contribution in [3.63, 3.8) is 0 Å². The van der Waals surface area contributed by atoms with Gasteiger partial charge in [-0.2, -0.15) is 0 Å². The van der Waals surface area contributed by atoms with Crippen LogP contribution in [0.5, 0.6) is 0 Å². The van der Waals surface area contributed by atoms with Crippen LogP contribution in [0.1, 0.15) is 50.6 Å². The van der Waals surface area contributed by atoms with Gasteiger partial charge in [0.15, 0.2) is 5.82 Å². The third kappa shape index (κ3) is 3.06. The molecule has 2 N–H and O–H groups in total. The predicted molar refractivity (Wildman–Crippen MR) is 83.7 cm³/mol. The molecule has 112 valence electrons. The number of nitrogens with two attached hydrogens (primary N) is 1. The lowest BCUT2D eigenvalue weighted by atomic mass is 10.0. The fourth-order valence-electron chi connectivity index (χ4n) is 3.28. The van der Waals surface area contributed by atoms with E-state index >= 15 is 0 Å². The minimum absolute atomic E-state index is 0.404. The first-order chi connectivity index (χ1) is 10.1. The Morgan fingerprint density at radius 3 is 2.81 bits per heavy atom. The molecule has 5 nitrogen and oxygen atoms in total. The molecule has 0 saturated heterocycles. The van der Waals surface area contributed by atoms with E-state index in [1.807, 2.05) is 23.7 Å². The summed E-state index contributed by atoms with van der Waals surface area (Å²) >= 11 is 0. The van der Waals surface area contributed by atoms with Crippen molar-refractivity contribution >= 4 is 5.69 Å². The van der Waals surface area contributed by atoms with Gasteiger partial charge in [0.2, 0.25) is 0 Å². The average Bonchev–Trinajstić information content (AvgIpc) is 2.81. The van der Waals surface area contributed by atoms with Gasteiger partial charge >= 0.3 is 0 Å². The van der Waals surface area contributed by atoms with Crippen LogP contribution in [0.2, 0.25) is 0 Å². The first-order valence-corrected chi connectivity index (χ1v) is 7.79. The van der Waals surface area contributed by atoms with E-state index in [-0.39, 0.29) is 0 Å². The number of tetrazole rings is 1. The molecule has 0 bridgehead atoms. The van der Waals surface area contributed by atoms with Crippen LogP contribution in [0.15, 0.2) is 18.2 Å². The van der Waals surface area contributed by atoms with Gasteiger partial charge in [-0.05, 0) is 66.3 Å². The number of nitrogens with zero attached hydrogens (tertiary/aromatic N) is 4. The Kier molecular flexibility index (Phi) is 3.90. The molecular formula is C16H23N5. The van der Waals surface area contributed by atoms with Crippen LogP contribution in [-0.2, 0) is 0 Å². The van der Waals surface area contributed by atoms with Crippen molar-refractivity contribution in [1.82, 2.24) is 20.2 Å². The van der Waals surface area contributed by atoms with Crippen molar-refractivity contribution in [2.45, 2.75) is 52.0 Å². The molecule has 21 heavy (non-hydrogen) atoms. The summed E-state index contributed by atoms with van der Waals surface area (Å²) in [6.07, 6.45) is 6.12. The molecule has 0 aliphatic heterocycles. The molecule has 0 radical (unpaired) electrons. The predicted octanol–water partition coefficient (Wildman–Crippen LogP) is 3.37. The topological polar surface area (TPSA) is 69.6 Å². The molecule has 1 aliphatic rings. The van der Waals surface area contributed by atoms with Crippen molar-refractivity contribution in [1.29, 1.82) is 0 Å². The summed E-state index contributed by atoms with van der Waals surface area (Å²) in [4.78, 5) is 0. The third-order valence-electron chi connectivity index (χ3n) is 4.42. The van der Waals surface area contributed by atoms with Crippen molar-refractivity contribution in [2.24, 2.45) is 5.92 Å². The molecule has 0 amide bonds. The quantitative estimate of drug-likeness (QED) is 0.678. The fraction of sp³-hybridized carbons (Fsp3) is 0.562. The number of benzene rings is 1. The zero-order valence-electron chi connectivity index (χ0n) is 12.8. The maximum Gasteiger partial charge on any atom is 0.182 e. The Morgan fingerprint density at radius 2 is 2.00 bits per heavy atom. The van der Waals surface area contributed by atoms with E-state index in [1.165, 1.54) is 19.3 Å². The summed E-state index contributed by atoms with van der Waals surface area (Å²) in [5.41, 5.74) is 8.86. The van der Waals surface area contributed by atoms with Gasteiger partial charge in [-0.25, -0.2) is 4.68 Å². The van der Waals surface area contributed by atoms with E-state index in [0.717, 1.165) is 41.4 Å². The highest BCUT2D eigenvalue weighted by Gasteiger charge is 2.22. The van der Waals surface area contributed by atoms with E-state index in [2.05, 4.69) is 28.5 Å². The lowest BCUT2D eigenvalue weighted by molar-refractivity contribution is 0.394. The summed E-state index contributed by atoms with van der Waals surface area (Å²) in [6.45, 7) is 4.38. The lowest BCUT2D eigenvalue weighted by Crippen LogP contribution is -2.12. The maximum atomic E-state index is 5.96. The summed E-state index contributed by atoms with van der Waals surface area (Å²) in [7, 11) is 0. The van der Waals surface area contributed by atoms with Crippen LogP contribution in [0.3, 0.4) is 0 Å². The summed E-state index contributed by atoms with van der Waals surface area (Å²) in [5, 5.41) is 12.4. The van der Waals surface area contributed by atoms with Crippen LogP contribution in [0.25, 0.3) is 11.4 Å². The highest BCUT2D eigenvalue weighted by atomic mass is 15.5. The van der Waals surface area contributed by atoms with Gasteiger partial charge in [-0.3, -0.25) is 0 Å².